The average Bonchev–Trinajstić information content (AvgIpc) is 2.68. The van der Waals surface area contributed by atoms with Crippen molar-refractivity contribution < 1.29 is 14.3 Å². The maximum atomic E-state index is 13.0. The van der Waals surface area contributed by atoms with Crippen molar-refractivity contribution in [1.82, 2.24) is 9.55 Å². The minimum atomic E-state index is -1.08. The number of fused-ring (bicyclic) bond motifs is 1. The monoisotopic (exact) mass is 434 g/mol. The maximum absolute atomic E-state index is 13.0. The predicted octanol–water partition coefficient (Wildman–Crippen LogP) is 2.31. The zero-order valence-electron chi connectivity index (χ0n) is 16.9. The number of anilines is 2. The van der Waals surface area contributed by atoms with E-state index < -0.39 is 29.0 Å². The number of nitrogens with zero attached hydrogens (tertiary/aromatic N) is 1. The van der Waals surface area contributed by atoms with E-state index in [4.69, 9.17) is 16.3 Å². The van der Waals surface area contributed by atoms with Crippen molar-refractivity contribution in [3.05, 3.63) is 49.6 Å². The second kappa shape index (κ2) is 8.74. The first-order valence-corrected chi connectivity index (χ1v) is 9.90. The summed E-state index contributed by atoms with van der Waals surface area (Å²) in [5.74, 6) is -1.27. The lowest BCUT2D eigenvalue weighted by atomic mass is 9.92. The van der Waals surface area contributed by atoms with Crippen LogP contribution in [0.3, 0.4) is 0 Å². The number of carbonyl (C=O) groups is 2. The lowest BCUT2D eigenvalue weighted by Crippen LogP contribution is -2.42. The number of H-pyrrole nitrogens is 1. The van der Waals surface area contributed by atoms with Crippen molar-refractivity contribution in [2.45, 2.75) is 39.2 Å². The lowest BCUT2D eigenvalue weighted by Gasteiger charge is -2.26. The van der Waals surface area contributed by atoms with Crippen LogP contribution in [-0.2, 0) is 16.1 Å². The third kappa shape index (κ3) is 4.40. The largest absolute Gasteiger partial charge is 0.497 e. The molecule has 1 aromatic carbocycles. The SMILES string of the molecule is COc1ccc(Cl)c(NC(=O)[C@H]2CC(=O)Nc3c2c(=O)[nH]c(=O)n3CCC(C)C)c1. The summed E-state index contributed by atoms with van der Waals surface area (Å²) >= 11 is 6.15. The molecular formula is C20H23ClN4O5. The number of amides is 2. The maximum Gasteiger partial charge on any atom is 0.329 e. The number of halogens is 1. The van der Waals surface area contributed by atoms with E-state index in [1.807, 2.05) is 13.8 Å². The van der Waals surface area contributed by atoms with E-state index in [0.717, 1.165) is 0 Å². The molecule has 0 spiro atoms. The van der Waals surface area contributed by atoms with Crippen LogP contribution >= 0.6 is 11.6 Å². The minimum Gasteiger partial charge on any atom is -0.497 e. The first-order valence-electron chi connectivity index (χ1n) is 9.52. The molecule has 1 aliphatic heterocycles. The second-order valence-electron chi connectivity index (χ2n) is 7.50. The quantitative estimate of drug-likeness (QED) is 0.643. The summed E-state index contributed by atoms with van der Waals surface area (Å²) in [5.41, 5.74) is -0.989. The molecular weight excluding hydrogens is 412 g/mol. The number of ether oxygens (including phenoxy) is 1. The van der Waals surface area contributed by atoms with Gasteiger partial charge in [0.15, 0.2) is 0 Å². The van der Waals surface area contributed by atoms with Gasteiger partial charge in [-0.3, -0.25) is 23.9 Å². The Morgan fingerprint density at radius 2 is 2.07 bits per heavy atom. The molecule has 0 saturated carbocycles. The molecule has 2 aromatic rings. The first kappa shape index (κ1) is 21.6. The van der Waals surface area contributed by atoms with Crippen molar-refractivity contribution >= 4 is 34.9 Å². The van der Waals surface area contributed by atoms with Gasteiger partial charge in [-0.25, -0.2) is 4.79 Å². The smallest absolute Gasteiger partial charge is 0.329 e. The molecule has 0 saturated heterocycles. The highest BCUT2D eigenvalue weighted by Gasteiger charge is 2.35. The molecule has 0 radical (unpaired) electrons. The first-order chi connectivity index (χ1) is 14.2. The van der Waals surface area contributed by atoms with Gasteiger partial charge in [-0.15, -0.1) is 0 Å². The van der Waals surface area contributed by atoms with E-state index in [1.54, 1.807) is 12.1 Å². The van der Waals surface area contributed by atoms with Crippen LogP contribution in [-0.4, -0.2) is 28.5 Å². The number of rotatable bonds is 6. The van der Waals surface area contributed by atoms with Crippen molar-refractivity contribution in [2.75, 3.05) is 17.7 Å². The summed E-state index contributed by atoms with van der Waals surface area (Å²) in [7, 11) is 1.48. The zero-order valence-corrected chi connectivity index (χ0v) is 17.6. The van der Waals surface area contributed by atoms with Gasteiger partial charge in [0, 0.05) is 19.0 Å². The molecule has 2 heterocycles. The van der Waals surface area contributed by atoms with Crippen molar-refractivity contribution in [2.24, 2.45) is 5.92 Å². The van der Waals surface area contributed by atoms with E-state index in [-0.39, 0.29) is 28.5 Å². The van der Waals surface area contributed by atoms with Crippen molar-refractivity contribution in [3.63, 3.8) is 0 Å². The fourth-order valence-corrected chi connectivity index (χ4v) is 3.45. The van der Waals surface area contributed by atoms with Gasteiger partial charge < -0.3 is 15.4 Å². The van der Waals surface area contributed by atoms with Crippen molar-refractivity contribution in [1.29, 1.82) is 0 Å². The number of carbonyl (C=O) groups excluding carboxylic acids is 2. The average molecular weight is 435 g/mol. The van der Waals surface area contributed by atoms with Crippen LogP contribution < -0.4 is 26.6 Å². The van der Waals surface area contributed by atoms with Crippen LogP contribution in [0.5, 0.6) is 5.75 Å². The van der Waals surface area contributed by atoms with E-state index in [0.29, 0.717) is 24.6 Å². The van der Waals surface area contributed by atoms with Crippen LogP contribution in [0.25, 0.3) is 0 Å². The Kier molecular flexibility index (Phi) is 6.31. The third-order valence-electron chi connectivity index (χ3n) is 4.91. The fourth-order valence-electron chi connectivity index (χ4n) is 3.29. The Balaban J connectivity index is 2.02. The van der Waals surface area contributed by atoms with E-state index in [2.05, 4.69) is 15.6 Å². The molecule has 10 heteroatoms. The zero-order chi connectivity index (χ0) is 22.0. The van der Waals surface area contributed by atoms with Crippen molar-refractivity contribution in [3.8, 4) is 5.75 Å². The minimum absolute atomic E-state index is 0.0504. The predicted molar refractivity (Wildman–Crippen MR) is 113 cm³/mol. The fraction of sp³-hybridized carbons (Fsp3) is 0.400. The highest BCUT2D eigenvalue weighted by Crippen LogP contribution is 2.32. The van der Waals surface area contributed by atoms with Gasteiger partial charge in [-0.05, 0) is 24.5 Å². The summed E-state index contributed by atoms with van der Waals surface area (Å²) in [6.45, 7) is 4.29. The lowest BCUT2D eigenvalue weighted by molar-refractivity contribution is -0.123. The topological polar surface area (TPSA) is 122 Å². The number of hydrogen-bond acceptors (Lipinski definition) is 5. The molecule has 0 fully saturated rings. The molecule has 2 amide bonds. The number of hydrogen-bond donors (Lipinski definition) is 3. The summed E-state index contributed by atoms with van der Waals surface area (Å²) in [4.78, 5) is 52.5. The Hall–Kier alpha value is -3.07. The molecule has 0 aliphatic carbocycles. The Morgan fingerprint density at radius 1 is 1.33 bits per heavy atom. The van der Waals surface area contributed by atoms with Gasteiger partial charge in [-0.2, -0.15) is 0 Å². The summed E-state index contributed by atoms with van der Waals surface area (Å²) in [6.07, 6.45) is 0.427. The number of nitrogens with one attached hydrogen (secondary N) is 3. The number of benzene rings is 1. The summed E-state index contributed by atoms with van der Waals surface area (Å²) in [6, 6.07) is 4.74. The molecule has 160 valence electrons. The highest BCUT2D eigenvalue weighted by molar-refractivity contribution is 6.33. The number of methoxy groups -OCH3 is 1. The molecule has 3 rings (SSSR count). The Labute approximate surface area is 177 Å². The molecule has 9 nitrogen and oxygen atoms in total. The molecule has 1 atom stereocenters. The van der Waals surface area contributed by atoms with Crippen LogP contribution in [0.1, 0.15) is 38.2 Å². The van der Waals surface area contributed by atoms with Gasteiger partial charge in [0.05, 0.1) is 29.3 Å². The molecule has 30 heavy (non-hydrogen) atoms. The van der Waals surface area contributed by atoms with Crippen LogP contribution in [0.2, 0.25) is 5.02 Å². The Morgan fingerprint density at radius 3 is 2.73 bits per heavy atom. The van der Waals surface area contributed by atoms with Crippen LogP contribution in [0.4, 0.5) is 11.5 Å². The standard InChI is InChI=1S/C20H23ClN4O5/c1-10(2)6-7-25-17-16(19(28)24-20(25)29)12(9-15(26)23-17)18(27)22-14-8-11(30-3)4-5-13(14)21/h4-5,8,10,12H,6-7,9H2,1-3H3,(H,22,27)(H,23,26)(H,24,28,29)/t12-/m0/s1. The molecule has 3 N–H and O–H groups in total. The summed E-state index contributed by atoms with van der Waals surface area (Å²) in [5, 5.41) is 5.52. The molecule has 0 bridgehead atoms. The number of aromatic nitrogens is 2. The molecule has 1 aromatic heterocycles. The third-order valence-corrected chi connectivity index (χ3v) is 5.24. The van der Waals surface area contributed by atoms with E-state index >= 15 is 0 Å². The summed E-state index contributed by atoms with van der Waals surface area (Å²) < 4.78 is 6.44. The highest BCUT2D eigenvalue weighted by atomic mass is 35.5. The van der Waals surface area contributed by atoms with E-state index in [9.17, 15) is 19.2 Å². The normalized spacial score (nSPS) is 15.5. The van der Waals surface area contributed by atoms with Gasteiger partial charge in [0.25, 0.3) is 5.56 Å². The molecule has 1 aliphatic rings. The Bertz CT molecular complexity index is 1110. The second-order valence-corrected chi connectivity index (χ2v) is 7.90. The van der Waals surface area contributed by atoms with Gasteiger partial charge in [-0.1, -0.05) is 25.4 Å². The van der Waals surface area contributed by atoms with Gasteiger partial charge in [0.2, 0.25) is 11.8 Å². The van der Waals surface area contributed by atoms with Crippen LogP contribution in [0.15, 0.2) is 27.8 Å². The van der Waals surface area contributed by atoms with Gasteiger partial charge in [0.1, 0.15) is 11.6 Å². The van der Waals surface area contributed by atoms with E-state index in [1.165, 1.54) is 17.7 Å². The number of aromatic amines is 1. The molecule has 0 unspecified atom stereocenters. The van der Waals surface area contributed by atoms with Gasteiger partial charge >= 0.3 is 5.69 Å². The van der Waals surface area contributed by atoms with Crippen LogP contribution in [0, 0.1) is 5.92 Å².